The highest BCUT2D eigenvalue weighted by atomic mass is 16.1. The van der Waals surface area contributed by atoms with E-state index in [9.17, 15) is 4.79 Å². The summed E-state index contributed by atoms with van der Waals surface area (Å²) in [5.74, 6) is 0.0645. The average molecular weight is 346 g/mol. The zero-order chi connectivity index (χ0) is 19.1. The van der Waals surface area contributed by atoms with Gasteiger partial charge in [0.1, 0.15) is 0 Å². The van der Waals surface area contributed by atoms with E-state index in [1.54, 1.807) is 6.92 Å². The van der Waals surface area contributed by atoms with Gasteiger partial charge in [-0.3, -0.25) is 4.79 Å². The van der Waals surface area contributed by atoms with Crippen molar-refractivity contribution in [3.05, 3.63) is 94.7 Å². The van der Waals surface area contributed by atoms with Crippen molar-refractivity contribution in [2.75, 3.05) is 0 Å². The van der Waals surface area contributed by atoms with E-state index in [0.717, 1.165) is 22.4 Å². The van der Waals surface area contributed by atoms with Crippen LogP contribution in [0.5, 0.6) is 0 Å². The number of hydrogen-bond acceptors (Lipinski definition) is 3. The first-order chi connectivity index (χ1) is 12.4. The van der Waals surface area contributed by atoms with Gasteiger partial charge in [0, 0.05) is 35.5 Å². The van der Waals surface area contributed by atoms with Crippen LogP contribution in [0.4, 0.5) is 0 Å². The van der Waals surface area contributed by atoms with Crippen molar-refractivity contribution in [3.63, 3.8) is 0 Å². The van der Waals surface area contributed by atoms with E-state index in [-0.39, 0.29) is 5.78 Å². The van der Waals surface area contributed by atoms with Crippen molar-refractivity contribution in [2.45, 2.75) is 33.7 Å². The number of Topliss-reactive ketones (excluding diaryl/α,β-unsaturated/α-hetero) is 1. The summed E-state index contributed by atoms with van der Waals surface area (Å²) < 4.78 is 0. The summed E-state index contributed by atoms with van der Waals surface area (Å²) in [6, 6.07) is 15.8. The van der Waals surface area contributed by atoms with Gasteiger partial charge < -0.3 is 10.7 Å². The van der Waals surface area contributed by atoms with Crippen LogP contribution < -0.4 is 5.32 Å². The van der Waals surface area contributed by atoms with Crippen LogP contribution >= 0.6 is 0 Å². The second-order valence-electron chi connectivity index (χ2n) is 6.43. The predicted molar refractivity (Wildman–Crippen MR) is 109 cm³/mol. The summed E-state index contributed by atoms with van der Waals surface area (Å²) in [6.45, 7) is 10.2. The van der Waals surface area contributed by atoms with Crippen molar-refractivity contribution in [3.8, 4) is 0 Å². The van der Waals surface area contributed by atoms with Crippen LogP contribution in [0.2, 0.25) is 0 Å². The smallest absolute Gasteiger partial charge is 0.159 e. The molecule has 0 fully saturated rings. The van der Waals surface area contributed by atoms with Crippen LogP contribution in [-0.2, 0) is 13.0 Å². The molecular formula is C23H26N2O. The zero-order valence-electron chi connectivity index (χ0n) is 15.7. The molecule has 0 saturated heterocycles. The Labute approximate surface area is 156 Å². The molecule has 2 aromatic carbocycles. The normalized spacial score (nSPS) is 11.1. The molecule has 0 atom stereocenters. The Balaban J connectivity index is 1.96. The lowest BCUT2D eigenvalue weighted by Gasteiger charge is -2.15. The Kier molecular flexibility index (Phi) is 6.67. The second-order valence-corrected chi connectivity index (χ2v) is 6.43. The fourth-order valence-corrected chi connectivity index (χ4v) is 2.70. The molecule has 2 N–H and O–H groups in total. The standard InChI is InChI=1S/C23H26N2O/c1-5-22(23(24)14-19-8-6-16(2)7-9-19)17(3)25-15-20-10-12-21(13-11-20)18(4)26/h5-13,24-25H,3,14-15H2,1-2,4H3/b22-5-,24-23?. The largest absolute Gasteiger partial charge is 0.381 e. The third-order valence-electron chi connectivity index (χ3n) is 4.31. The molecule has 2 rings (SSSR count). The average Bonchev–Trinajstić information content (AvgIpc) is 2.63. The second kappa shape index (κ2) is 8.95. The lowest BCUT2D eigenvalue weighted by Crippen LogP contribution is -2.18. The minimum absolute atomic E-state index is 0.0645. The van der Waals surface area contributed by atoms with Gasteiger partial charge in [-0.1, -0.05) is 66.7 Å². The molecule has 0 heterocycles. The number of ketones is 1. The molecule has 0 radical (unpaired) electrons. The topological polar surface area (TPSA) is 53.0 Å². The highest BCUT2D eigenvalue weighted by Gasteiger charge is 2.09. The first kappa shape index (κ1) is 19.4. The lowest BCUT2D eigenvalue weighted by atomic mass is 9.99. The van der Waals surface area contributed by atoms with Crippen LogP contribution in [0, 0.1) is 12.3 Å². The van der Waals surface area contributed by atoms with Gasteiger partial charge in [0.15, 0.2) is 5.78 Å². The molecule has 3 nitrogen and oxygen atoms in total. The van der Waals surface area contributed by atoms with Gasteiger partial charge in [-0.05, 0) is 31.9 Å². The quantitative estimate of drug-likeness (QED) is 0.401. The summed E-state index contributed by atoms with van der Waals surface area (Å²) >= 11 is 0. The zero-order valence-corrected chi connectivity index (χ0v) is 15.7. The van der Waals surface area contributed by atoms with Crippen LogP contribution in [0.25, 0.3) is 0 Å². The SMILES string of the molecule is C=C(NCc1ccc(C(C)=O)cc1)/C(=C/C)C(=N)Cc1ccc(C)cc1. The molecule has 26 heavy (non-hydrogen) atoms. The Hall–Kier alpha value is -2.94. The van der Waals surface area contributed by atoms with E-state index < -0.39 is 0 Å². The van der Waals surface area contributed by atoms with E-state index in [1.807, 2.05) is 37.3 Å². The van der Waals surface area contributed by atoms with Crippen molar-refractivity contribution in [1.82, 2.24) is 5.32 Å². The Morgan fingerprint density at radius 3 is 2.19 bits per heavy atom. The fourth-order valence-electron chi connectivity index (χ4n) is 2.70. The van der Waals surface area contributed by atoms with E-state index in [4.69, 9.17) is 5.41 Å². The number of rotatable bonds is 8. The summed E-state index contributed by atoms with van der Waals surface area (Å²) in [7, 11) is 0. The van der Waals surface area contributed by atoms with Gasteiger partial charge in [0.2, 0.25) is 0 Å². The number of allylic oxidation sites excluding steroid dienone is 2. The molecule has 0 saturated carbocycles. The first-order valence-electron chi connectivity index (χ1n) is 8.73. The summed E-state index contributed by atoms with van der Waals surface area (Å²) in [5, 5.41) is 11.7. The van der Waals surface area contributed by atoms with Gasteiger partial charge in [-0.25, -0.2) is 0 Å². The number of carbonyl (C=O) groups excluding carboxylic acids is 1. The molecule has 0 spiro atoms. The van der Waals surface area contributed by atoms with Crippen molar-refractivity contribution in [2.24, 2.45) is 0 Å². The molecule has 0 bridgehead atoms. The lowest BCUT2D eigenvalue weighted by molar-refractivity contribution is 0.101. The van der Waals surface area contributed by atoms with Crippen LogP contribution in [-0.4, -0.2) is 11.5 Å². The molecule has 0 aliphatic carbocycles. The molecule has 2 aromatic rings. The fraction of sp³-hybridized carbons (Fsp3) is 0.217. The minimum Gasteiger partial charge on any atom is -0.381 e. The number of nitrogens with one attached hydrogen (secondary N) is 2. The monoisotopic (exact) mass is 346 g/mol. The van der Waals surface area contributed by atoms with E-state index in [1.165, 1.54) is 5.56 Å². The highest BCUT2D eigenvalue weighted by Crippen LogP contribution is 2.13. The molecule has 3 heteroatoms. The predicted octanol–water partition coefficient (Wildman–Crippen LogP) is 5.01. The molecule has 0 aliphatic heterocycles. The van der Waals surface area contributed by atoms with Gasteiger partial charge >= 0.3 is 0 Å². The van der Waals surface area contributed by atoms with Gasteiger partial charge in [-0.2, -0.15) is 0 Å². The van der Waals surface area contributed by atoms with Gasteiger partial charge in [0.25, 0.3) is 0 Å². The molecule has 0 aliphatic rings. The first-order valence-corrected chi connectivity index (χ1v) is 8.73. The van der Waals surface area contributed by atoms with Crippen LogP contribution in [0.1, 0.15) is 40.9 Å². The van der Waals surface area contributed by atoms with E-state index in [2.05, 4.69) is 43.1 Å². The summed E-state index contributed by atoms with van der Waals surface area (Å²) in [6.07, 6.45) is 2.50. The molecule has 134 valence electrons. The van der Waals surface area contributed by atoms with E-state index in [0.29, 0.717) is 24.2 Å². The maximum absolute atomic E-state index is 11.3. The molecule has 0 aromatic heterocycles. The van der Waals surface area contributed by atoms with Gasteiger partial charge in [-0.15, -0.1) is 0 Å². The summed E-state index contributed by atoms with van der Waals surface area (Å²) in [4.78, 5) is 11.3. The van der Waals surface area contributed by atoms with Gasteiger partial charge in [0.05, 0.1) is 0 Å². The maximum atomic E-state index is 11.3. The number of aryl methyl sites for hydroxylation is 1. The number of carbonyl (C=O) groups is 1. The Morgan fingerprint density at radius 1 is 1.08 bits per heavy atom. The van der Waals surface area contributed by atoms with E-state index >= 15 is 0 Å². The summed E-state index contributed by atoms with van der Waals surface area (Å²) in [5.41, 5.74) is 6.21. The van der Waals surface area contributed by atoms with Crippen molar-refractivity contribution < 1.29 is 4.79 Å². The minimum atomic E-state index is 0.0645. The molecular weight excluding hydrogens is 320 g/mol. The molecule has 0 amide bonds. The maximum Gasteiger partial charge on any atom is 0.159 e. The van der Waals surface area contributed by atoms with Crippen molar-refractivity contribution in [1.29, 1.82) is 5.41 Å². The third kappa shape index (κ3) is 5.28. The van der Waals surface area contributed by atoms with Crippen molar-refractivity contribution >= 4 is 11.5 Å². The Bertz CT molecular complexity index is 828. The number of benzene rings is 2. The Morgan fingerprint density at radius 2 is 1.65 bits per heavy atom. The highest BCUT2D eigenvalue weighted by molar-refractivity contribution is 6.02. The molecule has 0 unspecified atom stereocenters. The third-order valence-corrected chi connectivity index (χ3v) is 4.31. The van der Waals surface area contributed by atoms with Crippen LogP contribution in [0.15, 0.2) is 72.5 Å². The number of hydrogen-bond donors (Lipinski definition) is 2. The van der Waals surface area contributed by atoms with Crippen LogP contribution in [0.3, 0.4) is 0 Å².